The van der Waals surface area contributed by atoms with Gasteiger partial charge in [0.1, 0.15) is 12.4 Å². The molecule has 0 bridgehead atoms. The highest BCUT2D eigenvalue weighted by Crippen LogP contribution is 2.38. The molecule has 1 saturated carbocycles. The lowest BCUT2D eigenvalue weighted by molar-refractivity contribution is -0.147. The topological polar surface area (TPSA) is 55.0 Å². The van der Waals surface area contributed by atoms with Crippen LogP contribution in [0.15, 0.2) is 24.3 Å². The number of rotatable bonds is 3. The number of carbonyl (C=O) groups excluding carboxylic acids is 1. The van der Waals surface area contributed by atoms with Crippen molar-refractivity contribution < 1.29 is 9.53 Å². The summed E-state index contributed by atoms with van der Waals surface area (Å²) in [6, 6.07) is 7.77. The zero-order valence-corrected chi connectivity index (χ0v) is 9.64. The molecule has 0 radical (unpaired) electrons. The van der Waals surface area contributed by atoms with Crippen LogP contribution in [0.1, 0.15) is 19.2 Å². The highest BCUT2D eigenvalue weighted by molar-refractivity contribution is 5.76. The third-order valence-electron chi connectivity index (χ3n) is 3.20. The maximum absolute atomic E-state index is 11.5. The maximum atomic E-state index is 11.5. The lowest BCUT2D eigenvalue weighted by atomic mass is 10.3. The molecule has 0 aliphatic heterocycles. The minimum absolute atomic E-state index is 0.0991. The molecule has 1 N–H and O–H groups in total. The Bertz CT molecular complexity index is 528. The standard InChI is InChI=1S/C13H14N2O2/c1-8-6-9(8)13(16)17-7-12-14-10-4-2-3-5-11(10)15-12/h2-5,8-9H,6-7H2,1H3,(H,14,15)/t8-,9-/m0/s1. The van der Waals surface area contributed by atoms with Crippen LogP contribution in [0.2, 0.25) is 0 Å². The third-order valence-corrected chi connectivity index (χ3v) is 3.20. The Kier molecular flexibility index (Phi) is 2.35. The second kappa shape index (κ2) is 3.87. The molecular weight excluding hydrogens is 216 g/mol. The second-order valence-corrected chi connectivity index (χ2v) is 4.63. The summed E-state index contributed by atoms with van der Waals surface area (Å²) in [5.74, 6) is 1.20. The van der Waals surface area contributed by atoms with E-state index in [2.05, 4.69) is 16.9 Å². The van der Waals surface area contributed by atoms with E-state index in [1.807, 2.05) is 24.3 Å². The van der Waals surface area contributed by atoms with Crippen molar-refractivity contribution in [3.05, 3.63) is 30.1 Å². The molecule has 2 atom stereocenters. The van der Waals surface area contributed by atoms with E-state index < -0.39 is 0 Å². The molecule has 4 heteroatoms. The predicted molar refractivity (Wildman–Crippen MR) is 63.2 cm³/mol. The van der Waals surface area contributed by atoms with Crippen molar-refractivity contribution in [3.63, 3.8) is 0 Å². The molecule has 1 aromatic carbocycles. The molecule has 3 rings (SSSR count). The Labute approximate surface area is 99.0 Å². The summed E-state index contributed by atoms with van der Waals surface area (Å²) >= 11 is 0. The predicted octanol–water partition coefficient (Wildman–Crippen LogP) is 2.26. The largest absolute Gasteiger partial charge is 0.457 e. The minimum Gasteiger partial charge on any atom is -0.457 e. The number of nitrogens with zero attached hydrogens (tertiary/aromatic N) is 1. The van der Waals surface area contributed by atoms with Crippen LogP contribution in [0.3, 0.4) is 0 Å². The Morgan fingerprint density at radius 2 is 2.29 bits per heavy atom. The van der Waals surface area contributed by atoms with Crippen molar-refractivity contribution in [2.45, 2.75) is 20.0 Å². The summed E-state index contributed by atoms with van der Waals surface area (Å²) in [6.45, 7) is 2.30. The molecule has 4 nitrogen and oxygen atoms in total. The normalized spacial score (nSPS) is 22.6. The third kappa shape index (κ3) is 2.02. The molecule has 17 heavy (non-hydrogen) atoms. The Morgan fingerprint density at radius 3 is 3.00 bits per heavy atom. The molecule has 88 valence electrons. The van der Waals surface area contributed by atoms with Crippen LogP contribution in [-0.2, 0) is 16.1 Å². The van der Waals surface area contributed by atoms with Crippen molar-refractivity contribution in [1.29, 1.82) is 0 Å². The van der Waals surface area contributed by atoms with Gasteiger partial charge < -0.3 is 9.72 Å². The molecule has 0 saturated heterocycles. The lowest BCUT2D eigenvalue weighted by Gasteiger charge is -2.00. The van der Waals surface area contributed by atoms with E-state index in [0.717, 1.165) is 17.5 Å². The number of H-pyrrole nitrogens is 1. The van der Waals surface area contributed by atoms with Crippen LogP contribution in [-0.4, -0.2) is 15.9 Å². The number of ether oxygens (including phenoxy) is 1. The van der Waals surface area contributed by atoms with Gasteiger partial charge in [0.2, 0.25) is 0 Å². The second-order valence-electron chi connectivity index (χ2n) is 4.63. The van der Waals surface area contributed by atoms with E-state index in [0.29, 0.717) is 11.7 Å². The zero-order chi connectivity index (χ0) is 11.8. The monoisotopic (exact) mass is 230 g/mol. The fourth-order valence-corrected chi connectivity index (χ4v) is 1.97. The molecule has 1 aromatic heterocycles. The van der Waals surface area contributed by atoms with E-state index in [4.69, 9.17) is 4.74 Å². The number of carbonyl (C=O) groups is 1. The average molecular weight is 230 g/mol. The number of fused-ring (bicyclic) bond motifs is 1. The molecule has 1 heterocycles. The van der Waals surface area contributed by atoms with Gasteiger partial charge >= 0.3 is 5.97 Å². The van der Waals surface area contributed by atoms with Gasteiger partial charge in [-0.2, -0.15) is 0 Å². The number of nitrogens with one attached hydrogen (secondary N) is 1. The molecule has 0 unspecified atom stereocenters. The average Bonchev–Trinajstić information content (AvgIpc) is 2.92. The first-order chi connectivity index (χ1) is 8.24. The highest BCUT2D eigenvalue weighted by atomic mass is 16.5. The number of benzene rings is 1. The van der Waals surface area contributed by atoms with Gasteiger partial charge in [-0.25, -0.2) is 4.98 Å². The number of hydrogen-bond acceptors (Lipinski definition) is 3. The Morgan fingerprint density at radius 1 is 1.53 bits per heavy atom. The lowest BCUT2D eigenvalue weighted by Crippen LogP contribution is -2.08. The van der Waals surface area contributed by atoms with Gasteiger partial charge in [0.15, 0.2) is 0 Å². The molecular formula is C13H14N2O2. The van der Waals surface area contributed by atoms with E-state index in [1.54, 1.807) is 0 Å². The van der Waals surface area contributed by atoms with Crippen molar-refractivity contribution in [2.75, 3.05) is 0 Å². The number of imidazole rings is 1. The van der Waals surface area contributed by atoms with Crippen LogP contribution in [0, 0.1) is 11.8 Å². The Hall–Kier alpha value is -1.84. The van der Waals surface area contributed by atoms with Crippen LogP contribution >= 0.6 is 0 Å². The summed E-state index contributed by atoms with van der Waals surface area (Å²) in [5, 5.41) is 0. The summed E-state index contributed by atoms with van der Waals surface area (Å²) in [6.07, 6.45) is 0.957. The first kappa shape index (κ1) is 10.3. The maximum Gasteiger partial charge on any atom is 0.309 e. The van der Waals surface area contributed by atoms with Crippen LogP contribution in [0.25, 0.3) is 11.0 Å². The first-order valence-corrected chi connectivity index (χ1v) is 5.84. The van der Waals surface area contributed by atoms with E-state index >= 15 is 0 Å². The van der Waals surface area contributed by atoms with Gasteiger partial charge in [-0.15, -0.1) is 0 Å². The molecule has 1 aliphatic carbocycles. The fourth-order valence-electron chi connectivity index (χ4n) is 1.97. The zero-order valence-electron chi connectivity index (χ0n) is 9.64. The smallest absolute Gasteiger partial charge is 0.309 e. The summed E-state index contributed by atoms with van der Waals surface area (Å²) in [7, 11) is 0. The van der Waals surface area contributed by atoms with Crippen molar-refractivity contribution >= 4 is 17.0 Å². The van der Waals surface area contributed by atoms with Gasteiger partial charge in [0, 0.05) is 0 Å². The molecule has 1 aliphatic rings. The van der Waals surface area contributed by atoms with Gasteiger partial charge in [0.05, 0.1) is 17.0 Å². The quantitative estimate of drug-likeness (QED) is 0.823. The van der Waals surface area contributed by atoms with Gasteiger partial charge in [0.25, 0.3) is 0 Å². The van der Waals surface area contributed by atoms with Crippen LogP contribution in [0.5, 0.6) is 0 Å². The molecule has 0 amide bonds. The summed E-state index contributed by atoms with van der Waals surface area (Å²) in [4.78, 5) is 19.0. The summed E-state index contributed by atoms with van der Waals surface area (Å²) in [5.41, 5.74) is 1.87. The van der Waals surface area contributed by atoms with Crippen LogP contribution in [0.4, 0.5) is 0 Å². The van der Waals surface area contributed by atoms with Crippen LogP contribution < -0.4 is 0 Å². The van der Waals surface area contributed by atoms with Crippen molar-refractivity contribution in [1.82, 2.24) is 9.97 Å². The molecule has 0 spiro atoms. The van der Waals surface area contributed by atoms with E-state index in [-0.39, 0.29) is 18.5 Å². The minimum atomic E-state index is -0.0991. The van der Waals surface area contributed by atoms with Gasteiger partial charge in [-0.1, -0.05) is 19.1 Å². The molecule has 1 fully saturated rings. The van der Waals surface area contributed by atoms with Gasteiger partial charge in [-0.05, 0) is 24.5 Å². The van der Waals surface area contributed by atoms with E-state index in [9.17, 15) is 4.79 Å². The highest BCUT2D eigenvalue weighted by Gasteiger charge is 2.40. The van der Waals surface area contributed by atoms with Crippen molar-refractivity contribution in [2.24, 2.45) is 11.8 Å². The van der Waals surface area contributed by atoms with E-state index in [1.165, 1.54) is 0 Å². The summed E-state index contributed by atoms with van der Waals surface area (Å²) < 4.78 is 5.22. The number of esters is 1. The number of hydrogen-bond donors (Lipinski definition) is 1. The Balaban J connectivity index is 1.66. The number of para-hydroxylation sites is 2. The van der Waals surface area contributed by atoms with Gasteiger partial charge in [-0.3, -0.25) is 4.79 Å². The SMILES string of the molecule is C[C@H]1C[C@@H]1C(=O)OCc1nc2ccccc2[nH]1. The number of aromatic nitrogens is 2. The first-order valence-electron chi connectivity index (χ1n) is 5.84. The molecule has 2 aromatic rings. The van der Waals surface area contributed by atoms with Crippen molar-refractivity contribution in [3.8, 4) is 0 Å². The number of aromatic amines is 1. The fraction of sp³-hybridized carbons (Fsp3) is 0.385.